The van der Waals surface area contributed by atoms with Crippen LogP contribution in [0.15, 0.2) is 30.3 Å². The summed E-state index contributed by atoms with van der Waals surface area (Å²) >= 11 is 16.7. The minimum absolute atomic E-state index is 0.159. The summed E-state index contributed by atoms with van der Waals surface area (Å²) < 4.78 is 7.82. The fourth-order valence-electron chi connectivity index (χ4n) is 2.55. The molecule has 30 heavy (non-hydrogen) atoms. The molecular formula is C19H26Cl3N3O5. The number of nitrogens with one attached hydrogen (secondary N) is 2. The number of ether oxygens (including phenoxy) is 2. The van der Waals surface area contributed by atoms with Crippen LogP contribution in [0.3, 0.4) is 0 Å². The first kappa shape index (κ1) is 26.3. The summed E-state index contributed by atoms with van der Waals surface area (Å²) in [5, 5.41) is 5.07. The molecule has 0 heterocycles. The highest BCUT2D eigenvalue weighted by atomic mass is 35.6. The molecule has 11 heteroatoms. The third-order valence-corrected chi connectivity index (χ3v) is 4.33. The average Bonchev–Trinajstić information content (AvgIpc) is 2.70. The van der Waals surface area contributed by atoms with Gasteiger partial charge >= 0.3 is 12.1 Å². The molecule has 0 saturated heterocycles. The molecule has 1 aromatic carbocycles. The van der Waals surface area contributed by atoms with Gasteiger partial charge in [0.2, 0.25) is 9.70 Å². The van der Waals surface area contributed by atoms with Gasteiger partial charge in [-0.2, -0.15) is 0 Å². The summed E-state index contributed by atoms with van der Waals surface area (Å²) in [4.78, 5) is 37.0. The van der Waals surface area contributed by atoms with Gasteiger partial charge < -0.3 is 25.8 Å². The molecule has 4 N–H and O–H groups in total. The molecule has 0 aliphatic carbocycles. The van der Waals surface area contributed by atoms with Crippen molar-refractivity contribution in [3.05, 3.63) is 35.9 Å². The highest BCUT2D eigenvalue weighted by molar-refractivity contribution is 6.67. The Labute approximate surface area is 190 Å². The predicted octanol–water partition coefficient (Wildman–Crippen LogP) is 2.48. The van der Waals surface area contributed by atoms with E-state index in [1.807, 2.05) is 6.07 Å². The molecule has 8 nitrogen and oxygen atoms in total. The van der Waals surface area contributed by atoms with Crippen LogP contribution in [0, 0.1) is 0 Å². The molecule has 0 aliphatic heterocycles. The quantitative estimate of drug-likeness (QED) is 0.253. The molecule has 1 aromatic rings. The lowest BCUT2D eigenvalue weighted by Gasteiger charge is -2.22. The second kappa shape index (κ2) is 13.5. The maximum absolute atomic E-state index is 12.9. The first-order chi connectivity index (χ1) is 14.2. The lowest BCUT2D eigenvalue weighted by Crippen LogP contribution is -2.53. The van der Waals surface area contributed by atoms with Gasteiger partial charge in [0, 0.05) is 6.42 Å². The van der Waals surface area contributed by atoms with Crippen molar-refractivity contribution in [1.29, 1.82) is 0 Å². The van der Waals surface area contributed by atoms with Crippen LogP contribution >= 0.6 is 34.8 Å². The van der Waals surface area contributed by atoms with Crippen LogP contribution in [0.2, 0.25) is 0 Å². The van der Waals surface area contributed by atoms with Gasteiger partial charge in [-0.3, -0.25) is 4.79 Å². The number of unbranched alkanes of at least 4 members (excludes halogenated alkanes) is 1. The van der Waals surface area contributed by atoms with Gasteiger partial charge in [-0.25, -0.2) is 9.59 Å². The maximum atomic E-state index is 12.9. The number of methoxy groups -OCH3 is 1. The normalized spacial score (nSPS) is 13.1. The number of esters is 1. The number of hydrogen-bond donors (Lipinski definition) is 3. The van der Waals surface area contributed by atoms with E-state index >= 15 is 0 Å². The number of alkyl carbamates (subject to hydrolysis) is 1. The Bertz CT molecular complexity index is 686. The zero-order chi connectivity index (χ0) is 22.6. The fourth-order valence-corrected chi connectivity index (χ4v) is 2.71. The van der Waals surface area contributed by atoms with Crippen molar-refractivity contribution in [2.24, 2.45) is 5.73 Å². The molecule has 0 spiro atoms. The SMILES string of the molecule is COC(=O)[C@H](CCCCN)NC(=O)[C@H](Cc1ccccc1)NC(=O)OCC(Cl)(Cl)Cl. The summed E-state index contributed by atoms with van der Waals surface area (Å²) in [7, 11) is 1.23. The average molecular weight is 483 g/mol. The second-order valence-electron chi connectivity index (χ2n) is 6.45. The fraction of sp³-hybridized carbons (Fsp3) is 0.526. The number of benzene rings is 1. The molecular weight excluding hydrogens is 457 g/mol. The maximum Gasteiger partial charge on any atom is 0.407 e. The highest BCUT2D eigenvalue weighted by Gasteiger charge is 2.29. The standard InChI is InChI=1S/C19H26Cl3N3O5/c1-29-17(27)14(9-5-6-10-23)24-16(26)15(11-13-7-3-2-4-8-13)25-18(28)30-12-19(20,21)22/h2-4,7-8,14-15H,5-6,9-12,23H2,1H3,(H,24,26)(H,25,28)/t14-,15-/m0/s1. The van der Waals surface area contributed by atoms with E-state index < -0.39 is 40.5 Å². The summed E-state index contributed by atoms with van der Waals surface area (Å²) in [6.07, 6.45) is 0.893. The van der Waals surface area contributed by atoms with E-state index in [9.17, 15) is 14.4 Å². The molecule has 0 radical (unpaired) electrons. The van der Waals surface area contributed by atoms with Gasteiger partial charge in [0.15, 0.2) is 0 Å². The first-order valence-corrected chi connectivity index (χ1v) is 10.4. The van der Waals surface area contributed by atoms with Crippen molar-refractivity contribution in [2.75, 3.05) is 20.3 Å². The van der Waals surface area contributed by atoms with Gasteiger partial charge in [0.05, 0.1) is 7.11 Å². The van der Waals surface area contributed by atoms with Gasteiger partial charge in [-0.15, -0.1) is 0 Å². The number of rotatable bonds is 11. The van der Waals surface area contributed by atoms with Crippen LogP contribution in [0.25, 0.3) is 0 Å². The Morgan fingerprint density at radius 1 is 1.07 bits per heavy atom. The molecule has 2 atom stereocenters. The number of halogens is 3. The van der Waals surface area contributed by atoms with Crippen molar-refractivity contribution in [2.45, 2.75) is 41.6 Å². The van der Waals surface area contributed by atoms with Gasteiger partial charge in [-0.05, 0) is 31.4 Å². The van der Waals surface area contributed by atoms with Gasteiger partial charge in [-0.1, -0.05) is 65.1 Å². The summed E-state index contributed by atoms with van der Waals surface area (Å²) in [6.45, 7) is -0.0257. The molecule has 1 rings (SSSR count). The number of hydrogen-bond acceptors (Lipinski definition) is 6. The van der Waals surface area contributed by atoms with Crippen LogP contribution in [0.5, 0.6) is 0 Å². The third kappa shape index (κ3) is 10.9. The zero-order valence-electron chi connectivity index (χ0n) is 16.5. The van der Waals surface area contributed by atoms with Crippen LogP contribution in [-0.2, 0) is 25.5 Å². The smallest absolute Gasteiger partial charge is 0.407 e. The largest absolute Gasteiger partial charge is 0.467 e. The van der Waals surface area contributed by atoms with Crippen LogP contribution < -0.4 is 16.4 Å². The molecule has 0 fully saturated rings. The Kier molecular flexibility index (Phi) is 11.9. The monoisotopic (exact) mass is 481 g/mol. The number of carbonyl (C=O) groups is 3. The number of alkyl halides is 3. The van der Waals surface area contributed by atoms with E-state index in [1.165, 1.54) is 7.11 Å². The molecule has 0 aromatic heterocycles. The molecule has 2 amide bonds. The minimum Gasteiger partial charge on any atom is -0.467 e. The van der Waals surface area contributed by atoms with Crippen LogP contribution in [-0.4, -0.2) is 54.1 Å². The number of amides is 2. The lowest BCUT2D eigenvalue weighted by molar-refractivity contribution is -0.145. The van der Waals surface area contributed by atoms with Crippen molar-refractivity contribution in [3.8, 4) is 0 Å². The predicted molar refractivity (Wildman–Crippen MR) is 116 cm³/mol. The minimum atomic E-state index is -1.78. The Balaban J connectivity index is 2.87. The van der Waals surface area contributed by atoms with Crippen molar-refractivity contribution >= 4 is 52.8 Å². The van der Waals surface area contributed by atoms with E-state index in [0.29, 0.717) is 25.8 Å². The number of carbonyl (C=O) groups excluding carboxylic acids is 3. The second-order valence-corrected chi connectivity index (χ2v) is 8.96. The Hall–Kier alpha value is -1.74. The van der Waals surface area contributed by atoms with Gasteiger partial charge in [0.25, 0.3) is 0 Å². The Morgan fingerprint density at radius 2 is 1.73 bits per heavy atom. The van der Waals surface area contributed by atoms with Crippen molar-refractivity contribution in [1.82, 2.24) is 10.6 Å². The van der Waals surface area contributed by atoms with E-state index in [0.717, 1.165) is 5.56 Å². The first-order valence-electron chi connectivity index (χ1n) is 9.28. The summed E-state index contributed by atoms with van der Waals surface area (Å²) in [5.41, 5.74) is 6.27. The third-order valence-electron chi connectivity index (χ3n) is 4.01. The molecule has 0 aliphatic rings. The van der Waals surface area contributed by atoms with Crippen molar-refractivity contribution in [3.63, 3.8) is 0 Å². The van der Waals surface area contributed by atoms with E-state index in [1.54, 1.807) is 24.3 Å². The topological polar surface area (TPSA) is 120 Å². The molecule has 0 unspecified atom stereocenters. The lowest BCUT2D eigenvalue weighted by atomic mass is 10.0. The molecule has 0 saturated carbocycles. The van der Waals surface area contributed by atoms with Crippen molar-refractivity contribution < 1.29 is 23.9 Å². The summed E-state index contributed by atoms with van der Waals surface area (Å²) in [5.74, 6) is -1.16. The van der Waals surface area contributed by atoms with E-state index in [2.05, 4.69) is 10.6 Å². The molecule has 168 valence electrons. The zero-order valence-corrected chi connectivity index (χ0v) is 18.8. The number of nitrogens with two attached hydrogens (primary N) is 1. The molecule has 0 bridgehead atoms. The van der Waals surface area contributed by atoms with Crippen LogP contribution in [0.1, 0.15) is 24.8 Å². The van der Waals surface area contributed by atoms with E-state index in [4.69, 9.17) is 50.0 Å². The van der Waals surface area contributed by atoms with E-state index in [-0.39, 0.29) is 6.42 Å². The van der Waals surface area contributed by atoms with Crippen LogP contribution in [0.4, 0.5) is 4.79 Å². The Morgan fingerprint density at radius 3 is 2.30 bits per heavy atom. The highest BCUT2D eigenvalue weighted by Crippen LogP contribution is 2.25. The van der Waals surface area contributed by atoms with Gasteiger partial charge in [0.1, 0.15) is 18.7 Å². The summed E-state index contributed by atoms with van der Waals surface area (Å²) in [6, 6.07) is 7.13.